The molecule has 0 bridgehead atoms. The van der Waals surface area contributed by atoms with Crippen molar-refractivity contribution in [1.29, 1.82) is 0 Å². The Balaban J connectivity index is 1.94. The molecule has 0 saturated carbocycles. The molecule has 3 heteroatoms. The van der Waals surface area contributed by atoms with Gasteiger partial charge in [0.2, 0.25) is 0 Å². The summed E-state index contributed by atoms with van der Waals surface area (Å²) >= 11 is 0. The summed E-state index contributed by atoms with van der Waals surface area (Å²) in [7, 11) is 0. The predicted octanol–water partition coefficient (Wildman–Crippen LogP) is 2.40. The number of aldehydes is 1. The van der Waals surface area contributed by atoms with E-state index in [-0.39, 0.29) is 6.29 Å². The number of carbonyl (C=O) groups excluding carboxylic acids is 1. The van der Waals surface area contributed by atoms with E-state index in [1.54, 1.807) is 24.3 Å². The van der Waals surface area contributed by atoms with Crippen molar-refractivity contribution in [2.45, 2.75) is 25.6 Å². The molecule has 1 atom stereocenters. The molecule has 0 aromatic heterocycles. The first-order valence-corrected chi connectivity index (χ1v) is 5.22. The highest BCUT2D eigenvalue weighted by Gasteiger charge is 2.14. The van der Waals surface area contributed by atoms with Crippen LogP contribution in [0.3, 0.4) is 0 Å². The first-order valence-electron chi connectivity index (χ1n) is 5.22. The molecular formula is C12H14O3. The van der Waals surface area contributed by atoms with E-state index in [0.717, 1.165) is 37.9 Å². The molecule has 0 unspecified atom stereocenters. The maximum Gasteiger partial charge on any atom is 0.199 e. The van der Waals surface area contributed by atoms with Crippen LogP contribution in [0.4, 0.5) is 0 Å². The molecule has 0 radical (unpaired) electrons. The third-order valence-electron chi connectivity index (χ3n) is 2.42. The SMILES string of the molecule is O=Cc1ccc(O[C@@H]2CCCCO2)cc1. The highest BCUT2D eigenvalue weighted by Crippen LogP contribution is 2.19. The van der Waals surface area contributed by atoms with E-state index < -0.39 is 0 Å². The van der Waals surface area contributed by atoms with Crippen LogP contribution in [-0.4, -0.2) is 19.2 Å². The Bertz CT molecular complexity index is 312. The van der Waals surface area contributed by atoms with Gasteiger partial charge in [0.1, 0.15) is 12.0 Å². The summed E-state index contributed by atoms with van der Waals surface area (Å²) in [6.45, 7) is 0.775. The van der Waals surface area contributed by atoms with Crippen molar-refractivity contribution in [3.8, 4) is 5.75 Å². The Morgan fingerprint density at radius 3 is 2.67 bits per heavy atom. The fraction of sp³-hybridized carbons (Fsp3) is 0.417. The Labute approximate surface area is 89.0 Å². The van der Waals surface area contributed by atoms with Crippen molar-refractivity contribution in [3.05, 3.63) is 29.8 Å². The fourth-order valence-corrected chi connectivity index (χ4v) is 1.58. The molecule has 0 amide bonds. The zero-order valence-corrected chi connectivity index (χ0v) is 8.52. The molecule has 1 heterocycles. The van der Waals surface area contributed by atoms with Gasteiger partial charge >= 0.3 is 0 Å². The predicted molar refractivity (Wildman–Crippen MR) is 56.0 cm³/mol. The van der Waals surface area contributed by atoms with Crippen LogP contribution in [0.1, 0.15) is 29.6 Å². The van der Waals surface area contributed by atoms with Gasteiger partial charge in [0.05, 0.1) is 6.61 Å². The summed E-state index contributed by atoms with van der Waals surface area (Å²) in [5, 5.41) is 0. The molecule has 15 heavy (non-hydrogen) atoms. The minimum absolute atomic E-state index is 0.124. The third kappa shape index (κ3) is 2.80. The first-order chi connectivity index (χ1) is 7.38. The molecule has 2 rings (SSSR count). The largest absolute Gasteiger partial charge is 0.465 e. The molecule has 1 aromatic rings. The lowest BCUT2D eigenvalue weighted by Crippen LogP contribution is -2.24. The number of hydrogen-bond acceptors (Lipinski definition) is 3. The normalized spacial score (nSPS) is 20.9. The van der Waals surface area contributed by atoms with Crippen molar-refractivity contribution < 1.29 is 14.3 Å². The Morgan fingerprint density at radius 1 is 1.27 bits per heavy atom. The molecular weight excluding hydrogens is 192 g/mol. The molecule has 1 aromatic carbocycles. The average Bonchev–Trinajstić information content (AvgIpc) is 2.31. The van der Waals surface area contributed by atoms with E-state index in [0.29, 0.717) is 5.56 Å². The minimum atomic E-state index is -0.124. The number of rotatable bonds is 3. The van der Waals surface area contributed by atoms with Gasteiger partial charge in [-0.2, -0.15) is 0 Å². The summed E-state index contributed by atoms with van der Waals surface area (Å²) in [6, 6.07) is 7.07. The molecule has 1 aliphatic rings. The van der Waals surface area contributed by atoms with E-state index in [2.05, 4.69) is 0 Å². The zero-order valence-electron chi connectivity index (χ0n) is 8.52. The second-order valence-corrected chi connectivity index (χ2v) is 3.60. The number of carbonyl (C=O) groups is 1. The Hall–Kier alpha value is -1.35. The van der Waals surface area contributed by atoms with Gasteiger partial charge in [0.25, 0.3) is 0 Å². The van der Waals surface area contributed by atoms with Crippen molar-refractivity contribution in [3.63, 3.8) is 0 Å². The van der Waals surface area contributed by atoms with Crippen LogP contribution in [0.2, 0.25) is 0 Å². The lowest BCUT2D eigenvalue weighted by molar-refractivity contribution is -0.105. The van der Waals surface area contributed by atoms with Crippen molar-refractivity contribution in [1.82, 2.24) is 0 Å². The monoisotopic (exact) mass is 206 g/mol. The molecule has 80 valence electrons. The second-order valence-electron chi connectivity index (χ2n) is 3.60. The quantitative estimate of drug-likeness (QED) is 0.712. The third-order valence-corrected chi connectivity index (χ3v) is 2.42. The highest BCUT2D eigenvalue weighted by atomic mass is 16.7. The van der Waals surface area contributed by atoms with E-state index >= 15 is 0 Å². The fourth-order valence-electron chi connectivity index (χ4n) is 1.58. The van der Waals surface area contributed by atoms with E-state index in [1.165, 1.54) is 0 Å². The van der Waals surface area contributed by atoms with E-state index in [9.17, 15) is 4.79 Å². The first kappa shape index (κ1) is 10.2. The van der Waals surface area contributed by atoms with Gasteiger partial charge in [-0.25, -0.2) is 0 Å². The van der Waals surface area contributed by atoms with E-state index in [1.807, 2.05) is 0 Å². The summed E-state index contributed by atoms with van der Waals surface area (Å²) in [5.74, 6) is 0.757. The number of hydrogen-bond donors (Lipinski definition) is 0. The van der Waals surface area contributed by atoms with Gasteiger partial charge in [-0.05, 0) is 37.1 Å². The Kier molecular flexibility index (Phi) is 3.35. The van der Waals surface area contributed by atoms with Crippen LogP contribution in [0.25, 0.3) is 0 Å². The molecule has 1 saturated heterocycles. The minimum Gasteiger partial charge on any atom is -0.465 e. The molecule has 1 fully saturated rings. The maximum absolute atomic E-state index is 10.4. The standard InChI is InChI=1S/C12H14O3/c13-9-10-4-6-11(7-5-10)15-12-3-1-2-8-14-12/h4-7,9,12H,1-3,8H2/t12-/m1/s1. The maximum atomic E-state index is 10.4. The smallest absolute Gasteiger partial charge is 0.199 e. The summed E-state index contributed by atoms with van der Waals surface area (Å²) in [6.07, 6.45) is 3.90. The van der Waals surface area contributed by atoms with Crippen molar-refractivity contribution in [2.75, 3.05) is 6.61 Å². The van der Waals surface area contributed by atoms with Crippen LogP contribution >= 0.6 is 0 Å². The van der Waals surface area contributed by atoms with Crippen LogP contribution in [0.15, 0.2) is 24.3 Å². The van der Waals surface area contributed by atoms with Gasteiger partial charge in [0, 0.05) is 12.0 Å². The van der Waals surface area contributed by atoms with Crippen molar-refractivity contribution >= 4 is 6.29 Å². The van der Waals surface area contributed by atoms with E-state index in [4.69, 9.17) is 9.47 Å². The van der Waals surface area contributed by atoms with Crippen LogP contribution in [0, 0.1) is 0 Å². The Morgan fingerprint density at radius 2 is 2.07 bits per heavy atom. The van der Waals surface area contributed by atoms with Crippen molar-refractivity contribution in [2.24, 2.45) is 0 Å². The highest BCUT2D eigenvalue weighted by molar-refractivity contribution is 5.74. The lowest BCUT2D eigenvalue weighted by atomic mass is 10.2. The second kappa shape index (κ2) is 4.94. The topological polar surface area (TPSA) is 35.5 Å². The summed E-state index contributed by atoms with van der Waals surface area (Å²) in [4.78, 5) is 10.4. The van der Waals surface area contributed by atoms with Gasteiger partial charge in [0.15, 0.2) is 6.29 Å². The summed E-state index contributed by atoms with van der Waals surface area (Å²) in [5.41, 5.74) is 0.659. The molecule has 0 N–H and O–H groups in total. The average molecular weight is 206 g/mol. The molecule has 1 aliphatic heterocycles. The number of benzene rings is 1. The van der Waals surface area contributed by atoms with Gasteiger partial charge in [-0.3, -0.25) is 4.79 Å². The molecule has 0 aliphatic carbocycles. The van der Waals surface area contributed by atoms with Gasteiger partial charge in [-0.15, -0.1) is 0 Å². The van der Waals surface area contributed by atoms with Gasteiger partial charge < -0.3 is 9.47 Å². The van der Waals surface area contributed by atoms with Crippen LogP contribution in [0.5, 0.6) is 5.75 Å². The van der Waals surface area contributed by atoms with Gasteiger partial charge in [-0.1, -0.05) is 0 Å². The number of ether oxygens (including phenoxy) is 2. The zero-order chi connectivity index (χ0) is 10.5. The molecule has 3 nitrogen and oxygen atoms in total. The van der Waals surface area contributed by atoms with Crippen LogP contribution < -0.4 is 4.74 Å². The lowest BCUT2D eigenvalue weighted by Gasteiger charge is -2.23. The van der Waals surface area contributed by atoms with Crippen LogP contribution in [-0.2, 0) is 4.74 Å². The summed E-state index contributed by atoms with van der Waals surface area (Å²) < 4.78 is 11.1. The molecule has 0 spiro atoms.